The number of ether oxygens (including phenoxy) is 1. The third-order valence-corrected chi connectivity index (χ3v) is 3.15. The number of hydrogen-bond acceptors (Lipinski definition) is 3. The lowest BCUT2D eigenvalue weighted by atomic mass is 10.1. The summed E-state index contributed by atoms with van der Waals surface area (Å²) >= 11 is 0. The van der Waals surface area contributed by atoms with Gasteiger partial charge in [0.15, 0.2) is 0 Å². The van der Waals surface area contributed by atoms with Crippen LogP contribution in [0, 0.1) is 6.92 Å². The fourth-order valence-electron chi connectivity index (χ4n) is 2.15. The first-order valence-corrected chi connectivity index (χ1v) is 6.30. The normalized spacial score (nSPS) is 10.3. The average molecular weight is 256 g/mol. The van der Waals surface area contributed by atoms with Crippen molar-refractivity contribution in [3.8, 4) is 5.75 Å². The van der Waals surface area contributed by atoms with Crippen LogP contribution >= 0.6 is 0 Å². The van der Waals surface area contributed by atoms with Gasteiger partial charge in [0.25, 0.3) is 0 Å². The Morgan fingerprint density at radius 2 is 1.95 bits per heavy atom. The van der Waals surface area contributed by atoms with Crippen molar-refractivity contribution in [1.29, 1.82) is 0 Å². The van der Waals surface area contributed by atoms with Crippen LogP contribution in [0.1, 0.15) is 11.1 Å². The molecule has 0 radical (unpaired) electrons. The van der Waals surface area contributed by atoms with Crippen LogP contribution in [0.3, 0.4) is 0 Å². The molecule has 2 N–H and O–H groups in total. The van der Waals surface area contributed by atoms with E-state index in [0.717, 1.165) is 23.7 Å². The Morgan fingerprint density at radius 3 is 2.63 bits per heavy atom. The van der Waals surface area contributed by atoms with Crippen LogP contribution in [0.2, 0.25) is 0 Å². The summed E-state index contributed by atoms with van der Waals surface area (Å²) in [7, 11) is 3.70. The van der Waals surface area contributed by atoms with E-state index in [0.29, 0.717) is 0 Å². The Labute approximate surface area is 114 Å². The van der Waals surface area contributed by atoms with Gasteiger partial charge >= 0.3 is 0 Å². The van der Waals surface area contributed by atoms with Gasteiger partial charge in [-0.2, -0.15) is 0 Å². The van der Waals surface area contributed by atoms with E-state index < -0.39 is 0 Å². The maximum absolute atomic E-state index is 6.03. The fourth-order valence-corrected chi connectivity index (χ4v) is 2.15. The van der Waals surface area contributed by atoms with Crippen molar-refractivity contribution >= 4 is 11.4 Å². The van der Waals surface area contributed by atoms with Crippen LogP contribution in [0.15, 0.2) is 42.5 Å². The molecule has 2 rings (SSSR count). The zero-order valence-corrected chi connectivity index (χ0v) is 11.7. The van der Waals surface area contributed by atoms with Crippen molar-refractivity contribution in [2.75, 3.05) is 24.8 Å². The van der Waals surface area contributed by atoms with Gasteiger partial charge in [0.05, 0.1) is 18.5 Å². The molecule has 0 saturated heterocycles. The first-order chi connectivity index (χ1) is 9.10. The van der Waals surface area contributed by atoms with E-state index in [-0.39, 0.29) is 0 Å². The number of aryl methyl sites for hydroxylation is 1. The summed E-state index contributed by atoms with van der Waals surface area (Å²) in [5.74, 6) is 0.820. The summed E-state index contributed by atoms with van der Waals surface area (Å²) in [5, 5.41) is 0. The van der Waals surface area contributed by atoms with Gasteiger partial charge in [-0.15, -0.1) is 0 Å². The Kier molecular flexibility index (Phi) is 3.95. The van der Waals surface area contributed by atoms with Crippen molar-refractivity contribution in [3.05, 3.63) is 53.6 Å². The van der Waals surface area contributed by atoms with Crippen LogP contribution in [0.25, 0.3) is 0 Å². The minimum absolute atomic E-state index is 0.760. The monoisotopic (exact) mass is 256 g/mol. The molecule has 0 fully saturated rings. The van der Waals surface area contributed by atoms with E-state index in [1.165, 1.54) is 11.1 Å². The van der Waals surface area contributed by atoms with Gasteiger partial charge in [-0.1, -0.05) is 29.8 Å². The van der Waals surface area contributed by atoms with Gasteiger partial charge in [-0.25, -0.2) is 0 Å². The Bertz CT molecular complexity index is 566. The van der Waals surface area contributed by atoms with Crippen LogP contribution in [-0.2, 0) is 6.54 Å². The van der Waals surface area contributed by atoms with Crippen molar-refractivity contribution in [2.24, 2.45) is 0 Å². The van der Waals surface area contributed by atoms with Crippen LogP contribution in [0.5, 0.6) is 5.75 Å². The number of benzene rings is 2. The molecule has 0 heterocycles. The Morgan fingerprint density at radius 1 is 1.16 bits per heavy atom. The second kappa shape index (κ2) is 5.65. The van der Waals surface area contributed by atoms with Crippen molar-refractivity contribution in [2.45, 2.75) is 13.5 Å². The van der Waals surface area contributed by atoms with E-state index in [2.05, 4.69) is 36.1 Å². The van der Waals surface area contributed by atoms with Crippen molar-refractivity contribution in [1.82, 2.24) is 0 Å². The third kappa shape index (κ3) is 3.19. The highest BCUT2D eigenvalue weighted by atomic mass is 16.5. The SMILES string of the molecule is COc1ccc(N)c(N(C)Cc2cccc(C)c2)c1. The number of nitrogens with zero attached hydrogens (tertiary/aromatic N) is 1. The van der Waals surface area contributed by atoms with Gasteiger partial charge in [0.1, 0.15) is 5.75 Å². The molecule has 0 aliphatic heterocycles. The lowest BCUT2D eigenvalue weighted by Crippen LogP contribution is -2.17. The van der Waals surface area contributed by atoms with Crippen LogP contribution in [0.4, 0.5) is 11.4 Å². The first kappa shape index (κ1) is 13.3. The average Bonchev–Trinajstić information content (AvgIpc) is 2.39. The highest BCUT2D eigenvalue weighted by molar-refractivity contribution is 5.69. The molecular weight excluding hydrogens is 236 g/mol. The maximum Gasteiger partial charge on any atom is 0.121 e. The molecule has 0 atom stereocenters. The maximum atomic E-state index is 6.03. The third-order valence-electron chi connectivity index (χ3n) is 3.15. The number of nitrogens with two attached hydrogens (primary N) is 1. The number of rotatable bonds is 4. The molecule has 0 saturated carbocycles. The highest BCUT2D eigenvalue weighted by Gasteiger charge is 2.07. The standard InChI is InChI=1S/C16H20N2O/c1-12-5-4-6-13(9-12)11-18(2)16-10-14(19-3)7-8-15(16)17/h4-10H,11,17H2,1-3H3. The summed E-state index contributed by atoms with van der Waals surface area (Å²) in [5.41, 5.74) is 10.3. The quantitative estimate of drug-likeness (QED) is 0.854. The number of nitrogen functional groups attached to an aromatic ring is 1. The fraction of sp³-hybridized carbons (Fsp3) is 0.250. The Balaban J connectivity index is 2.22. The van der Waals surface area contributed by atoms with Gasteiger partial charge in [-0.3, -0.25) is 0 Å². The van der Waals surface area contributed by atoms with E-state index in [4.69, 9.17) is 10.5 Å². The first-order valence-electron chi connectivity index (χ1n) is 6.30. The molecular formula is C16H20N2O. The lowest BCUT2D eigenvalue weighted by molar-refractivity contribution is 0.415. The van der Waals surface area contributed by atoms with E-state index in [9.17, 15) is 0 Å². The lowest BCUT2D eigenvalue weighted by Gasteiger charge is -2.22. The molecule has 0 aromatic heterocycles. The molecule has 0 unspecified atom stereocenters. The predicted molar refractivity (Wildman–Crippen MR) is 80.7 cm³/mol. The van der Waals surface area contributed by atoms with Gasteiger partial charge in [-0.05, 0) is 24.6 Å². The number of anilines is 2. The predicted octanol–water partition coefficient (Wildman–Crippen LogP) is 3.22. The molecule has 2 aromatic rings. The topological polar surface area (TPSA) is 38.5 Å². The van der Waals surface area contributed by atoms with Crippen LogP contribution < -0.4 is 15.4 Å². The second-order valence-electron chi connectivity index (χ2n) is 4.77. The molecule has 0 aliphatic carbocycles. The molecule has 3 heteroatoms. The number of methoxy groups -OCH3 is 1. The summed E-state index contributed by atoms with van der Waals surface area (Å²) < 4.78 is 5.25. The Hall–Kier alpha value is -2.16. The molecule has 0 spiro atoms. The van der Waals surface area contributed by atoms with Crippen molar-refractivity contribution < 1.29 is 4.74 Å². The summed E-state index contributed by atoms with van der Waals surface area (Å²) in [6, 6.07) is 14.2. The van der Waals surface area contributed by atoms with Gasteiger partial charge in [0.2, 0.25) is 0 Å². The molecule has 3 nitrogen and oxygen atoms in total. The molecule has 0 bridgehead atoms. The van der Waals surface area contributed by atoms with Crippen LogP contribution in [-0.4, -0.2) is 14.2 Å². The smallest absolute Gasteiger partial charge is 0.121 e. The molecule has 2 aromatic carbocycles. The molecule has 100 valence electrons. The second-order valence-corrected chi connectivity index (χ2v) is 4.77. The van der Waals surface area contributed by atoms with E-state index in [1.807, 2.05) is 25.2 Å². The summed E-state index contributed by atoms with van der Waals surface area (Å²) in [6.45, 7) is 2.92. The molecule has 19 heavy (non-hydrogen) atoms. The zero-order chi connectivity index (χ0) is 13.8. The van der Waals surface area contributed by atoms with Gasteiger partial charge in [0, 0.05) is 19.7 Å². The molecule has 0 amide bonds. The minimum atomic E-state index is 0.760. The number of hydrogen-bond donors (Lipinski definition) is 1. The summed E-state index contributed by atoms with van der Waals surface area (Å²) in [4.78, 5) is 2.13. The highest BCUT2D eigenvalue weighted by Crippen LogP contribution is 2.28. The summed E-state index contributed by atoms with van der Waals surface area (Å²) in [6.07, 6.45) is 0. The van der Waals surface area contributed by atoms with Gasteiger partial charge < -0.3 is 15.4 Å². The zero-order valence-electron chi connectivity index (χ0n) is 11.7. The largest absolute Gasteiger partial charge is 0.497 e. The molecule has 0 aliphatic rings. The van der Waals surface area contributed by atoms with E-state index >= 15 is 0 Å². The van der Waals surface area contributed by atoms with E-state index in [1.54, 1.807) is 7.11 Å². The van der Waals surface area contributed by atoms with Crippen molar-refractivity contribution in [3.63, 3.8) is 0 Å². The minimum Gasteiger partial charge on any atom is -0.497 e.